The molecule has 1 aromatic carbocycles. The van der Waals surface area contributed by atoms with Gasteiger partial charge in [0.1, 0.15) is 18.0 Å². The summed E-state index contributed by atoms with van der Waals surface area (Å²) in [4.78, 5) is 0. The van der Waals surface area contributed by atoms with Crippen molar-refractivity contribution in [2.45, 2.75) is 12.2 Å². The second-order valence-corrected chi connectivity index (χ2v) is 4.31. The SMILES string of the molecule is COc1ccc(NN2C3C(N)=NN2C3N)cc1OC. The van der Waals surface area contributed by atoms with Gasteiger partial charge in [-0.2, -0.15) is 5.12 Å². The molecule has 1 fully saturated rings. The molecular formula is C11H16N6O2. The number of benzene rings is 1. The molecule has 3 aliphatic heterocycles. The van der Waals surface area contributed by atoms with Crippen molar-refractivity contribution in [3.8, 4) is 11.5 Å². The molecule has 2 unspecified atom stereocenters. The van der Waals surface area contributed by atoms with E-state index in [1.807, 2.05) is 18.2 Å². The lowest BCUT2D eigenvalue weighted by atomic mass is 10.2. The van der Waals surface area contributed by atoms with Crippen molar-refractivity contribution in [3.63, 3.8) is 0 Å². The number of ether oxygens (including phenoxy) is 2. The molecule has 0 radical (unpaired) electrons. The number of methoxy groups -OCH3 is 2. The molecule has 5 N–H and O–H groups in total. The lowest BCUT2D eigenvalue weighted by Crippen LogP contribution is -2.72. The van der Waals surface area contributed by atoms with Crippen LogP contribution in [0.5, 0.6) is 11.5 Å². The van der Waals surface area contributed by atoms with E-state index in [9.17, 15) is 0 Å². The van der Waals surface area contributed by atoms with Crippen LogP contribution in [-0.2, 0) is 0 Å². The highest BCUT2D eigenvalue weighted by Gasteiger charge is 2.53. The summed E-state index contributed by atoms with van der Waals surface area (Å²) >= 11 is 0. The molecule has 2 atom stereocenters. The molecule has 102 valence electrons. The fourth-order valence-corrected chi connectivity index (χ4v) is 2.22. The average molecular weight is 264 g/mol. The van der Waals surface area contributed by atoms with Crippen molar-refractivity contribution in [2.75, 3.05) is 19.6 Å². The number of anilines is 1. The van der Waals surface area contributed by atoms with Gasteiger partial charge in [0.25, 0.3) is 0 Å². The van der Waals surface area contributed by atoms with Gasteiger partial charge in [-0.3, -0.25) is 5.43 Å². The van der Waals surface area contributed by atoms with Crippen molar-refractivity contribution < 1.29 is 9.47 Å². The molecule has 19 heavy (non-hydrogen) atoms. The number of nitrogens with one attached hydrogen (secondary N) is 1. The van der Waals surface area contributed by atoms with Gasteiger partial charge >= 0.3 is 0 Å². The molecule has 0 spiro atoms. The maximum atomic E-state index is 5.87. The first-order valence-electron chi connectivity index (χ1n) is 5.82. The van der Waals surface area contributed by atoms with Gasteiger partial charge in [0, 0.05) is 6.07 Å². The Morgan fingerprint density at radius 1 is 1.26 bits per heavy atom. The van der Waals surface area contributed by atoms with Crippen LogP contribution in [0.4, 0.5) is 5.69 Å². The van der Waals surface area contributed by atoms with E-state index in [4.69, 9.17) is 20.9 Å². The van der Waals surface area contributed by atoms with Crippen LogP contribution in [0.3, 0.4) is 0 Å². The third kappa shape index (κ3) is 1.65. The second kappa shape index (κ2) is 4.18. The first-order valence-corrected chi connectivity index (χ1v) is 5.82. The number of hydrazone groups is 1. The zero-order chi connectivity index (χ0) is 13.6. The second-order valence-electron chi connectivity index (χ2n) is 4.31. The number of hydrogen-bond donors (Lipinski definition) is 3. The van der Waals surface area contributed by atoms with Crippen LogP contribution >= 0.6 is 0 Å². The smallest absolute Gasteiger partial charge is 0.162 e. The highest BCUT2D eigenvalue weighted by atomic mass is 16.5. The fraction of sp³-hybridized carbons (Fsp3) is 0.364. The van der Waals surface area contributed by atoms with Crippen LogP contribution in [0.15, 0.2) is 23.3 Å². The summed E-state index contributed by atoms with van der Waals surface area (Å²) in [5, 5.41) is 7.50. The molecule has 0 saturated carbocycles. The van der Waals surface area contributed by atoms with E-state index in [0.717, 1.165) is 5.69 Å². The van der Waals surface area contributed by atoms with Gasteiger partial charge < -0.3 is 20.9 Å². The van der Waals surface area contributed by atoms with Crippen LogP contribution in [0.25, 0.3) is 0 Å². The Bertz CT molecular complexity index is 534. The minimum Gasteiger partial charge on any atom is -0.493 e. The van der Waals surface area contributed by atoms with E-state index < -0.39 is 0 Å². The minimum absolute atomic E-state index is 0.104. The van der Waals surface area contributed by atoms with Crippen molar-refractivity contribution in [3.05, 3.63) is 18.2 Å². The van der Waals surface area contributed by atoms with E-state index in [-0.39, 0.29) is 12.2 Å². The standard InChI is InChI=1S/C11H16N6O2/c1-18-7-4-3-6(5-8(7)19-2)14-16-9-10(12)15-17(16)11(9)13/h3-5,9,11,14H,13H2,1-2H3,(H2,12,15). The topological polar surface area (TPSA) is 101 Å². The van der Waals surface area contributed by atoms with Crippen molar-refractivity contribution in [1.82, 2.24) is 10.2 Å². The molecule has 0 amide bonds. The maximum Gasteiger partial charge on any atom is 0.162 e. The van der Waals surface area contributed by atoms with E-state index in [2.05, 4.69) is 10.5 Å². The number of rotatable bonds is 4. The number of hydrogen-bond acceptors (Lipinski definition) is 8. The van der Waals surface area contributed by atoms with Crippen molar-refractivity contribution in [2.24, 2.45) is 16.6 Å². The molecular weight excluding hydrogens is 248 g/mol. The van der Waals surface area contributed by atoms with Gasteiger partial charge in [-0.15, -0.1) is 10.2 Å². The Labute approximate surface area is 110 Å². The van der Waals surface area contributed by atoms with Crippen molar-refractivity contribution >= 4 is 11.5 Å². The average Bonchev–Trinajstić information content (AvgIpc) is 2.91. The molecule has 0 aliphatic carbocycles. The van der Waals surface area contributed by atoms with Crippen LogP contribution in [0, 0.1) is 0 Å². The molecule has 8 heteroatoms. The largest absolute Gasteiger partial charge is 0.493 e. The van der Waals surface area contributed by atoms with Gasteiger partial charge in [-0.25, -0.2) is 0 Å². The number of nitrogens with zero attached hydrogens (tertiary/aromatic N) is 3. The van der Waals surface area contributed by atoms with Crippen LogP contribution in [-0.4, -0.2) is 42.5 Å². The summed E-state index contributed by atoms with van der Waals surface area (Å²) in [7, 11) is 3.19. The Balaban J connectivity index is 1.75. The van der Waals surface area contributed by atoms with Gasteiger partial charge in [-0.05, 0) is 12.1 Å². The van der Waals surface area contributed by atoms with E-state index in [1.165, 1.54) is 0 Å². The summed E-state index contributed by atoms with van der Waals surface area (Å²) in [6, 6.07) is 5.43. The number of nitrogens with two attached hydrogens (primary N) is 2. The zero-order valence-electron chi connectivity index (χ0n) is 10.7. The number of hydrazine groups is 2. The predicted octanol–water partition coefficient (Wildman–Crippen LogP) is -0.497. The summed E-state index contributed by atoms with van der Waals surface area (Å²) in [6.45, 7) is 0. The molecule has 1 saturated heterocycles. The molecule has 2 bridgehead atoms. The minimum atomic E-state index is -0.187. The Kier molecular flexibility index (Phi) is 2.61. The Morgan fingerprint density at radius 3 is 2.53 bits per heavy atom. The Hall–Kier alpha value is -2.19. The van der Waals surface area contributed by atoms with Gasteiger partial charge in [0.05, 0.1) is 19.9 Å². The monoisotopic (exact) mass is 264 g/mol. The van der Waals surface area contributed by atoms with E-state index >= 15 is 0 Å². The number of amidine groups is 1. The van der Waals surface area contributed by atoms with Gasteiger partial charge in [-0.1, -0.05) is 0 Å². The molecule has 0 aromatic heterocycles. The maximum absolute atomic E-state index is 5.87. The third-order valence-electron chi connectivity index (χ3n) is 3.22. The third-order valence-corrected chi connectivity index (χ3v) is 3.22. The highest BCUT2D eigenvalue weighted by molar-refractivity contribution is 5.89. The predicted molar refractivity (Wildman–Crippen MR) is 70.2 cm³/mol. The molecule has 3 aliphatic rings. The summed E-state index contributed by atoms with van der Waals surface area (Å²) < 4.78 is 10.4. The summed E-state index contributed by atoms with van der Waals surface area (Å²) in [5.74, 6) is 1.83. The van der Waals surface area contributed by atoms with E-state index in [1.54, 1.807) is 24.5 Å². The van der Waals surface area contributed by atoms with Crippen molar-refractivity contribution in [1.29, 1.82) is 0 Å². The highest BCUT2D eigenvalue weighted by Crippen LogP contribution is 2.34. The lowest BCUT2D eigenvalue weighted by molar-refractivity contribution is -0.143. The molecule has 8 nitrogen and oxygen atoms in total. The zero-order valence-corrected chi connectivity index (χ0v) is 10.7. The summed E-state index contributed by atoms with van der Waals surface area (Å²) in [6.07, 6.45) is -0.187. The lowest BCUT2D eigenvalue weighted by Gasteiger charge is -2.46. The fourth-order valence-electron chi connectivity index (χ4n) is 2.22. The Morgan fingerprint density at radius 2 is 2.00 bits per heavy atom. The summed E-state index contributed by atoms with van der Waals surface area (Å²) in [5.41, 5.74) is 15.6. The van der Waals surface area contributed by atoms with Gasteiger partial charge in [0.2, 0.25) is 0 Å². The molecule has 3 heterocycles. The quantitative estimate of drug-likeness (QED) is 0.674. The van der Waals surface area contributed by atoms with Gasteiger partial charge in [0.15, 0.2) is 11.5 Å². The molecule has 1 aromatic rings. The first-order chi connectivity index (χ1) is 9.15. The van der Waals surface area contributed by atoms with Crippen LogP contribution in [0.1, 0.15) is 0 Å². The first kappa shape index (κ1) is 11.9. The van der Waals surface area contributed by atoms with E-state index in [0.29, 0.717) is 17.3 Å². The normalized spacial score (nSPS) is 24.8. The van der Waals surface area contributed by atoms with Crippen LogP contribution < -0.4 is 26.4 Å². The molecule has 4 rings (SSSR count). The van der Waals surface area contributed by atoms with Crippen LogP contribution in [0.2, 0.25) is 0 Å².